The highest BCUT2D eigenvalue weighted by atomic mass is 16.3. The average molecular weight is 236 g/mol. The van der Waals surface area contributed by atoms with Crippen LogP contribution < -0.4 is 0 Å². The molecule has 1 fully saturated rings. The summed E-state index contributed by atoms with van der Waals surface area (Å²) in [6, 6.07) is 1.85. The molecular weight excluding hydrogens is 216 g/mol. The van der Waals surface area contributed by atoms with Gasteiger partial charge in [-0.3, -0.25) is 9.69 Å². The van der Waals surface area contributed by atoms with Gasteiger partial charge in [-0.2, -0.15) is 0 Å². The van der Waals surface area contributed by atoms with Gasteiger partial charge >= 0.3 is 0 Å². The van der Waals surface area contributed by atoms with E-state index in [0.29, 0.717) is 12.5 Å². The van der Waals surface area contributed by atoms with Crippen molar-refractivity contribution in [2.75, 3.05) is 19.6 Å². The Kier molecular flexibility index (Phi) is 3.64. The number of hydrogen-bond donors (Lipinski definition) is 1. The van der Waals surface area contributed by atoms with Gasteiger partial charge in [0.1, 0.15) is 0 Å². The second-order valence-corrected chi connectivity index (χ2v) is 5.01. The molecule has 0 aliphatic carbocycles. The molecule has 0 radical (unpaired) electrons. The van der Waals surface area contributed by atoms with Crippen LogP contribution in [0.25, 0.3) is 0 Å². The highest BCUT2D eigenvalue weighted by molar-refractivity contribution is 5.97. The summed E-state index contributed by atoms with van der Waals surface area (Å²) in [5.41, 5.74) is 0.771. The highest BCUT2D eigenvalue weighted by Crippen LogP contribution is 2.19. The number of Topliss-reactive ketones (excluding diaryl/α,β-unsaturated/α-hetero) is 1. The lowest BCUT2D eigenvalue weighted by atomic mass is 10.0. The molecule has 1 aliphatic heterocycles. The number of carbonyl (C=O) groups is 1. The van der Waals surface area contributed by atoms with E-state index in [1.807, 2.05) is 37.0 Å². The molecule has 0 amide bonds. The second-order valence-electron chi connectivity index (χ2n) is 5.01. The molecule has 94 valence electrons. The summed E-state index contributed by atoms with van der Waals surface area (Å²) >= 11 is 0. The van der Waals surface area contributed by atoms with E-state index in [2.05, 4.69) is 4.90 Å². The zero-order valence-electron chi connectivity index (χ0n) is 10.5. The van der Waals surface area contributed by atoms with Crippen molar-refractivity contribution in [1.82, 2.24) is 9.47 Å². The third-order valence-corrected chi connectivity index (χ3v) is 3.51. The number of ketones is 1. The molecule has 1 aromatic heterocycles. The Bertz CT molecular complexity index is 398. The molecule has 2 unspecified atom stereocenters. The lowest BCUT2D eigenvalue weighted by molar-refractivity contribution is 0.0925. The molecule has 1 aromatic rings. The molecule has 0 bridgehead atoms. The number of aromatic nitrogens is 1. The van der Waals surface area contributed by atoms with Gasteiger partial charge in [-0.15, -0.1) is 0 Å². The summed E-state index contributed by atoms with van der Waals surface area (Å²) in [4.78, 5) is 14.1. The predicted molar refractivity (Wildman–Crippen MR) is 66.0 cm³/mol. The lowest BCUT2D eigenvalue weighted by Gasteiger charge is -2.16. The van der Waals surface area contributed by atoms with Gasteiger partial charge in [0.25, 0.3) is 0 Å². The van der Waals surface area contributed by atoms with Crippen LogP contribution in [0.2, 0.25) is 0 Å². The molecule has 2 heterocycles. The summed E-state index contributed by atoms with van der Waals surface area (Å²) in [5, 5.41) is 9.51. The van der Waals surface area contributed by atoms with E-state index in [1.165, 1.54) is 0 Å². The van der Waals surface area contributed by atoms with E-state index in [1.54, 1.807) is 0 Å². The molecule has 0 spiro atoms. The van der Waals surface area contributed by atoms with Crippen LogP contribution in [-0.4, -0.2) is 46.1 Å². The number of rotatable bonds is 4. The van der Waals surface area contributed by atoms with E-state index in [4.69, 9.17) is 0 Å². The van der Waals surface area contributed by atoms with Crippen molar-refractivity contribution in [3.05, 3.63) is 24.0 Å². The third kappa shape index (κ3) is 2.96. The van der Waals surface area contributed by atoms with Crippen molar-refractivity contribution >= 4 is 5.78 Å². The fourth-order valence-electron chi connectivity index (χ4n) is 2.36. The van der Waals surface area contributed by atoms with Crippen LogP contribution >= 0.6 is 0 Å². The first-order valence-electron chi connectivity index (χ1n) is 6.12. The van der Waals surface area contributed by atoms with Crippen LogP contribution in [0.4, 0.5) is 0 Å². The summed E-state index contributed by atoms with van der Waals surface area (Å²) < 4.78 is 1.88. The van der Waals surface area contributed by atoms with E-state index < -0.39 is 0 Å². The van der Waals surface area contributed by atoms with Gasteiger partial charge in [0.15, 0.2) is 5.78 Å². The van der Waals surface area contributed by atoms with E-state index in [0.717, 1.165) is 25.1 Å². The highest BCUT2D eigenvalue weighted by Gasteiger charge is 2.27. The van der Waals surface area contributed by atoms with Crippen molar-refractivity contribution in [2.45, 2.75) is 19.4 Å². The van der Waals surface area contributed by atoms with Gasteiger partial charge in [-0.25, -0.2) is 0 Å². The van der Waals surface area contributed by atoms with E-state index in [-0.39, 0.29) is 11.9 Å². The van der Waals surface area contributed by atoms with Gasteiger partial charge in [0, 0.05) is 31.5 Å². The summed E-state index contributed by atoms with van der Waals surface area (Å²) in [7, 11) is 1.91. The van der Waals surface area contributed by atoms with Gasteiger partial charge in [-0.1, -0.05) is 0 Å². The summed E-state index contributed by atoms with van der Waals surface area (Å²) in [6.45, 7) is 4.03. The van der Waals surface area contributed by atoms with Crippen LogP contribution in [0.1, 0.15) is 23.7 Å². The standard InChI is InChI=1S/C13H20N2O2/c1-10(16)11-4-6-15(8-11)9-13(17)12-3-5-14(2)7-12/h3,5,7,10-11,16H,4,6,8-9H2,1-2H3. The largest absolute Gasteiger partial charge is 0.393 e. The summed E-state index contributed by atoms with van der Waals surface area (Å²) in [5.74, 6) is 0.482. The maximum atomic E-state index is 12.0. The molecule has 2 rings (SSSR count). The number of aryl methyl sites for hydroxylation is 1. The second kappa shape index (κ2) is 5.02. The van der Waals surface area contributed by atoms with E-state index in [9.17, 15) is 9.90 Å². The first kappa shape index (κ1) is 12.3. The number of aliphatic hydroxyl groups excluding tert-OH is 1. The average Bonchev–Trinajstić information content (AvgIpc) is 2.86. The van der Waals surface area contributed by atoms with Crippen LogP contribution in [0.3, 0.4) is 0 Å². The zero-order valence-corrected chi connectivity index (χ0v) is 10.5. The van der Waals surface area contributed by atoms with Crippen molar-refractivity contribution < 1.29 is 9.90 Å². The van der Waals surface area contributed by atoms with Crippen LogP contribution in [0.5, 0.6) is 0 Å². The fraction of sp³-hybridized carbons (Fsp3) is 0.615. The van der Waals surface area contributed by atoms with Crippen molar-refractivity contribution in [2.24, 2.45) is 13.0 Å². The van der Waals surface area contributed by atoms with Gasteiger partial charge in [-0.05, 0) is 31.9 Å². The molecule has 1 N–H and O–H groups in total. The van der Waals surface area contributed by atoms with Crippen molar-refractivity contribution in [3.63, 3.8) is 0 Å². The molecular formula is C13H20N2O2. The fourth-order valence-corrected chi connectivity index (χ4v) is 2.36. The molecule has 4 heteroatoms. The number of aliphatic hydroxyl groups is 1. The van der Waals surface area contributed by atoms with Crippen LogP contribution in [0, 0.1) is 5.92 Å². The normalized spacial score (nSPS) is 22.9. The molecule has 0 aromatic carbocycles. The molecule has 4 nitrogen and oxygen atoms in total. The predicted octanol–water partition coefficient (Wildman–Crippen LogP) is 0.911. The Morgan fingerprint density at radius 3 is 2.94 bits per heavy atom. The Labute approximate surface area is 102 Å². The number of nitrogens with zero attached hydrogens (tertiary/aromatic N) is 2. The monoisotopic (exact) mass is 236 g/mol. The molecule has 0 saturated carbocycles. The van der Waals surface area contributed by atoms with Gasteiger partial charge < -0.3 is 9.67 Å². The van der Waals surface area contributed by atoms with Crippen molar-refractivity contribution in [3.8, 4) is 0 Å². The smallest absolute Gasteiger partial charge is 0.178 e. The number of hydrogen-bond acceptors (Lipinski definition) is 3. The van der Waals surface area contributed by atoms with Crippen molar-refractivity contribution in [1.29, 1.82) is 0 Å². The lowest BCUT2D eigenvalue weighted by Crippen LogP contribution is -2.29. The molecule has 17 heavy (non-hydrogen) atoms. The summed E-state index contributed by atoms with van der Waals surface area (Å²) in [6.07, 6.45) is 4.45. The zero-order chi connectivity index (χ0) is 12.4. The molecule has 1 saturated heterocycles. The van der Waals surface area contributed by atoms with Gasteiger partial charge in [0.2, 0.25) is 0 Å². The Balaban J connectivity index is 1.88. The minimum atomic E-state index is -0.271. The Morgan fingerprint density at radius 2 is 2.41 bits per heavy atom. The Morgan fingerprint density at radius 1 is 1.65 bits per heavy atom. The topological polar surface area (TPSA) is 45.5 Å². The molecule has 1 aliphatic rings. The van der Waals surface area contributed by atoms with Gasteiger partial charge in [0.05, 0.1) is 12.6 Å². The molecule has 2 atom stereocenters. The maximum Gasteiger partial charge on any atom is 0.178 e. The first-order valence-corrected chi connectivity index (χ1v) is 6.12. The maximum absolute atomic E-state index is 12.0. The quantitative estimate of drug-likeness (QED) is 0.790. The number of likely N-dealkylation sites (tertiary alicyclic amines) is 1. The number of carbonyl (C=O) groups excluding carboxylic acids is 1. The third-order valence-electron chi connectivity index (χ3n) is 3.51. The Hall–Kier alpha value is -1.13. The van der Waals surface area contributed by atoms with E-state index >= 15 is 0 Å². The minimum Gasteiger partial charge on any atom is -0.393 e. The van der Waals surface area contributed by atoms with Crippen LogP contribution in [0.15, 0.2) is 18.5 Å². The SMILES string of the molecule is CC(O)C1CCN(CC(=O)c2ccn(C)c2)C1. The van der Waals surface area contributed by atoms with Crippen LogP contribution in [-0.2, 0) is 7.05 Å². The first-order chi connectivity index (χ1) is 8.06. The minimum absolute atomic E-state index is 0.164.